The summed E-state index contributed by atoms with van der Waals surface area (Å²) in [4.78, 5) is 10.5. The molecule has 1 N–H and O–H groups in total. The van der Waals surface area contributed by atoms with Crippen molar-refractivity contribution >= 4 is 29.3 Å². The van der Waals surface area contributed by atoms with E-state index in [1.807, 2.05) is 13.0 Å². The number of carboxylic acid groups (broad SMARTS) is 1. The lowest BCUT2D eigenvalue weighted by Crippen LogP contribution is -2.08. The fourth-order valence-electron chi connectivity index (χ4n) is 1.15. The molecule has 15 heavy (non-hydrogen) atoms. The molecule has 0 radical (unpaired) electrons. The number of halogens is 1. The van der Waals surface area contributed by atoms with Crippen LogP contribution in [0.2, 0.25) is 5.22 Å². The number of carbonyl (C=O) groups is 1. The van der Waals surface area contributed by atoms with E-state index >= 15 is 0 Å². The van der Waals surface area contributed by atoms with Crippen molar-refractivity contribution in [2.24, 2.45) is 0 Å². The van der Waals surface area contributed by atoms with E-state index < -0.39 is 5.97 Å². The molecule has 0 bridgehead atoms. The van der Waals surface area contributed by atoms with E-state index in [0.29, 0.717) is 11.0 Å². The molecule has 0 saturated carbocycles. The maximum Gasteiger partial charge on any atom is 0.304 e. The first-order chi connectivity index (χ1) is 7.11. The Morgan fingerprint density at radius 2 is 2.40 bits per heavy atom. The molecule has 1 heterocycles. The first-order valence-corrected chi connectivity index (χ1v) is 6.12. The van der Waals surface area contributed by atoms with Crippen molar-refractivity contribution < 1.29 is 14.3 Å². The Morgan fingerprint density at radius 1 is 1.67 bits per heavy atom. The average Bonchev–Trinajstić information content (AvgIpc) is 2.58. The van der Waals surface area contributed by atoms with E-state index in [1.165, 1.54) is 0 Å². The van der Waals surface area contributed by atoms with E-state index in [0.717, 1.165) is 12.2 Å². The Balaban J connectivity index is 2.37. The molecule has 0 amide bonds. The van der Waals surface area contributed by atoms with Gasteiger partial charge in [0, 0.05) is 5.25 Å². The van der Waals surface area contributed by atoms with Crippen molar-refractivity contribution in [2.45, 2.75) is 30.8 Å². The van der Waals surface area contributed by atoms with Crippen LogP contribution in [-0.2, 0) is 10.5 Å². The van der Waals surface area contributed by atoms with Crippen molar-refractivity contribution in [3.63, 3.8) is 0 Å². The maximum absolute atomic E-state index is 10.5. The predicted molar refractivity (Wildman–Crippen MR) is 61.3 cm³/mol. The Labute approximate surface area is 97.8 Å². The van der Waals surface area contributed by atoms with Gasteiger partial charge in [-0.3, -0.25) is 4.79 Å². The molecular formula is C10H13ClO3S. The van der Waals surface area contributed by atoms with Crippen LogP contribution in [0.5, 0.6) is 0 Å². The lowest BCUT2D eigenvalue weighted by atomic mass is 10.2. The van der Waals surface area contributed by atoms with E-state index in [4.69, 9.17) is 21.1 Å². The lowest BCUT2D eigenvalue weighted by molar-refractivity contribution is -0.136. The second kappa shape index (κ2) is 6.08. The van der Waals surface area contributed by atoms with Crippen LogP contribution in [0.3, 0.4) is 0 Å². The van der Waals surface area contributed by atoms with Crippen LogP contribution in [0, 0.1) is 0 Å². The third-order valence-electron chi connectivity index (χ3n) is 1.95. The highest BCUT2D eigenvalue weighted by molar-refractivity contribution is 7.99. The molecule has 0 saturated heterocycles. The van der Waals surface area contributed by atoms with Crippen LogP contribution in [0.25, 0.3) is 0 Å². The van der Waals surface area contributed by atoms with Crippen molar-refractivity contribution in [3.8, 4) is 0 Å². The van der Waals surface area contributed by atoms with Gasteiger partial charge in [0.1, 0.15) is 5.76 Å². The van der Waals surface area contributed by atoms with Gasteiger partial charge in [0.2, 0.25) is 0 Å². The summed E-state index contributed by atoms with van der Waals surface area (Å²) in [5.41, 5.74) is 0. The zero-order valence-electron chi connectivity index (χ0n) is 8.40. The van der Waals surface area contributed by atoms with Gasteiger partial charge in [0.15, 0.2) is 5.22 Å². The van der Waals surface area contributed by atoms with E-state index in [-0.39, 0.29) is 11.7 Å². The lowest BCUT2D eigenvalue weighted by Gasteiger charge is -2.10. The van der Waals surface area contributed by atoms with Crippen LogP contribution in [0.4, 0.5) is 0 Å². The molecule has 5 heteroatoms. The summed E-state index contributed by atoms with van der Waals surface area (Å²) in [6, 6.07) is 3.50. The Bertz CT molecular complexity index is 324. The number of thioether (sulfide) groups is 1. The second-order valence-electron chi connectivity index (χ2n) is 3.14. The highest BCUT2D eigenvalue weighted by atomic mass is 35.5. The van der Waals surface area contributed by atoms with Crippen LogP contribution >= 0.6 is 23.4 Å². The number of aliphatic carboxylic acids is 1. The first-order valence-electron chi connectivity index (χ1n) is 4.69. The van der Waals surface area contributed by atoms with Gasteiger partial charge in [-0.1, -0.05) is 6.92 Å². The van der Waals surface area contributed by atoms with Crippen molar-refractivity contribution in [1.29, 1.82) is 0 Å². The van der Waals surface area contributed by atoms with Crippen LogP contribution in [-0.4, -0.2) is 16.3 Å². The molecule has 1 aromatic heterocycles. The van der Waals surface area contributed by atoms with Gasteiger partial charge in [-0.05, 0) is 30.2 Å². The minimum Gasteiger partial charge on any atom is -0.481 e. The molecule has 1 rings (SSSR count). The largest absolute Gasteiger partial charge is 0.481 e. The van der Waals surface area contributed by atoms with Gasteiger partial charge in [-0.15, -0.1) is 11.8 Å². The zero-order valence-corrected chi connectivity index (χ0v) is 9.98. The molecule has 1 atom stereocenters. The molecule has 1 aromatic rings. The molecule has 84 valence electrons. The summed E-state index contributed by atoms with van der Waals surface area (Å²) in [6.45, 7) is 1.98. The van der Waals surface area contributed by atoms with Crippen LogP contribution in [0.15, 0.2) is 16.5 Å². The van der Waals surface area contributed by atoms with Crippen LogP contribution < -0.4 is 0 Å². The van der Waals surface area contributed by atoms with Crippen LogP contribution in [0.1, 0.15) is 25.5 Å². The van der Waals surface area contributed by atoms with Gasteiger partial charge < -0.3 is 9.52 Å². The summed E-state index contributed by atoms with van der Waals surface area (Å²) < 4.78 is 5.18. The standard InChI is InChI=1S/C10H13ClO3S/c1-2-8(5-10(12)13)15-6-7-3-4-9(11)14-7/h3-4,8H,2,5-6H2,1H3,(H,12,13). The molecule has 0 aliphatic carbocycles. The average molecular weight is 249 g/mol. The van der Waals surface area contributed by atoms with Gasteiger partial charge in [-0.25, -0.2) is 0 Å². The molecule has 0 aliphatic heterocycles. The minimum absolute atomic E-state index is 0.131. The van der Waals surface area contributed by atoms with Gasteiger partial charge in [0.25, 0.3) is 0 Å². The molecule has 0 fully saturated rings. The Kier molecular flexibility index (Phi) is 5.05. The highest BCUT2D eigenvalue weighted by Crippen LogP contribution is 2.25. The smallest absolute Gasteiger partial charge is 0.304 e. The molecule has 0 spiro atoms. The summed E-state index contributed by atoms with van der Waals surface area (Å²) in [5, 5.41) is 9.16. The normalized spacial score (nSPS) is 12.7. The first kappa shape index (κ1) is 12.5. The predicted octanol–water partition coefficient (Wildman–Crippen LogP) is 3.42. The fourth-order valence-corrected chi connectivity index (χ4v) is 2.36. The Morgan fingerprint density at radius 3 is 2.87 bits per heavy atom. The maximum atomic E-state index is 10.5. The summed E-state index contributed by atoms with van der Waals surface area (Å²) >= 11 is 7.21. The molecular weight excluding hydrogens is 236 g/mol. The van der Waals surface area contributed by atoms with E-state index in [2.05, 4.69) is 0 Å². The van der Waals surface area contributed by atoms with Crippen molar-refractivity contribution in [3.05, 3.63) is 23.1 Å². The third-order valence-corrected chi connectivity index (χ3v) is 3.57. The highest BCUT2D eigenvalue weighted by Gasteiger charge is 2.12. The fraction of sp³-hybridized carbons (Fsp3) is 0.500. The SMILES string of the molecule is CCC(CC(=O)O)SCc1ccc(Cl)o1. The number of furan rings is 1. The number of carboxylic acids is 1. The number of rotatable bonds is 6. The van der Waals surface area contributed by atoms with Gasteiger partial charge in [0.05, 0.1) is 12.2 Å². The topological polar surface area (TPSA) is 50.4 Å². The van der Waals surface area contributed by atoms with E-state index in [1.54, 1.807) is 17.8 Å². The van der Waals surface area contributed by atoms with Crippen molar-refractivity contribution in [2.75, 3.05) is 0 Å². The quantitative estimate of drug-likeness (QED) is 0.838. The zero-order chi connectivity index (χ0) is 11.3. The monoisotopic (exact) mass is 248 g/mol. The van der Waals surface area contributed by atoms with Crippen molar-refractivity contribution in [1.82, 2.24) is 0 Å². The molecule has 3 nitrogen and oxygen atoms in total. The second-order valence-corrected chi connectivity index (χ2v) is 4.81. The van der Waals surface area contributed by atoms with E-state index in [9.17, 15) is 4.79 Å². The molecule has 0 aromatic carbocycles. The molecule has 0 aliphatic rings. The van der Waals surface area contributed by atoms with Gasteiger partial charge >= 0.3 is 5.97 Å². The van der Waals surface area contributed by atoms with Gasteiger partial charge in [-0.2, -0.15) is 0 Å². The third kappa shape index (κ3) is 4.62. The summed E-state index contributed by atoms with van der Waals surface area (Å²) in [6.07, 6.45) is 1.03. The number of hydrogen-bond acceptors (Lipinski definition) is 3. The molecule has 1 unspecified atom stereocenters. The Hall–Kier alpha value is -0.610. The summed E-state index contributed by atoms with van der Waals surface area (Å²) in [5.74, 6) is 0.694. The number of hydrogen-bond donors (Lipinski definition) is 1. The summed E-state index contributed by atoms with van der Waals surface area (Å²) in [7, 11) is 0. The minimum atomic E-state index is -0.758.